The molecule has 0 spiro atoms. The van der Waals surface area contributed by atoms with Crippen molar-refractivity contribution in [1.29, 1.82) is 0 Å². The molecule has 0 heterocycles. The van der Waals surface area contributed by atoms with Crippen LogP contribution < -0.4 is 0 Å². The molecule has 0 saturated carbocycles. The zero-order valence-corrected chi connectivity index (χ0v) is 10.4. The van der Waals surface area contributed by atoms with E-state index in [2.05, 4.69) is 25.1 Å². The van der Waals surface area contributed by atoms with Gasteiger partial charge in [0.2, 0.25) is 0 Å². The summed E-state index contributed by atoms with van der Waals surface area (Å²) in [5.41, 5.74) is 2.28. The molecule has 2 heteroatoms. The molecule has 0 aromatic heterocycles. The number of halogens is 1. The van der Waals surface area contributed by atoms with Crippen LogP contribution in [0.2, 0.25) is 0 Å². The Morgan fingerprint density at radius 1 is 1.18 bits per heavy atom. The van der Waals surface area contributed by atoms with Crippen molar-refractivity contribution in [3.63, 3.8) is 0 Å². The fourth-order valence-electron chi connectivity index (χ4n) is 1.85. The summed E-state index contributed by atoms with van der Waals surface area (Å²) in [5.74, 6) is -0.0448. The second-order valence-corrected chi connectivity index (χ2v) is 4.22. The van der Waals surface area contributed by atoms with Gasteiger partial charge in [-0.05, 0) is 34.9 Å². The quantitative estimate of drug-likeness (QED) is 0.590. The number of hydrogen-bond acceptors (Lipinski definition) is 1. The molecule has 0 amide bonds. The van der Waals surface area contributed by atoms with E-state index in [1.165, 1.54) is 17.0 Å². The van der Waals surface area contributed by atoms with Crippen LogP contribution in [0, 0.1) is 6.92 Å². The van der Waals surface area contributed by atoms with Gasteiger partial charge in [-0.25, -0.2) is 0 Å². The van der Waals surface area contributed by atoms with Crippen molar-refractivity contribution >= 4 is 34.2 Å². The lowest BCUT2D eigenvalue weighted by Gasteiger charge is -2.05. The summed E-state index contributed by atoms with van der Waals surface area (Å²) in [6, 6.07) is 12.3. The molecule has 0 fully saturated rings. The fraction of sp³-hybridized carbons (Fsp3) is 0.133. The van der Waals surface area contributed by atoms with Crippen LogP contribution in [0.3, 0.4) is 0 Å². The normalized spacial score (nSPS) is 11.2. The van der Waals surface area contributed by atoms with Crippen molar-refractivity contribution in [3.05, 3.63) is 53.6 Å². The molecule has 17 heavy (non-hydrogen) atoms. The van der Waals surface area contributed by atoms with Crippen LogP contribution in [-0.2, 0) is 4.79 Å². The first-order chi connectivity index (χ1) is 8.22. The molecule has 0 aliphatic rings. The Bertz CT molecular complexity index is 584. The van der Waals surface area contributed by atoms with Gasteiger partial charge in [-0.2, -0.15) is 0 Å². The first-order valence-electron chi connectivity index (χ1n) is 5.47. The largest absolute Gasteiger partial charge is 0.294 e. The van der Waals surface area contributed by atoms with Crippen LogP contribution >= 0.6 is 11.6 Å². The third-order valence-electron chi connectivity index (χ3n) is 2.76. The highest BCUT2D eigenvalue weighted by Crippen LogP contribution is 2.23. The van der Waals surface area contributed by atoms with Gasteiger partial charge in [0.05, 0.1) is 5.88 Å². The van der Waals surface area contributed by atoms with E-state index in [0.717, 1.165) is 10.9 Å². The minimum Gasteiger partial charge on any atom is -0.294 e. The monoisotopic (exact) mass is 244 g/mol. The molecule has 0 aliphatic carbocycles. The highest BCUT2D eigenvalue weighted by Gasteiger charge is 2.00. The highest BCUT2D eigenvalue weighted by atomic mass is 35.5. The zero-order valence-electron chi connectivity index (χ0n) is 9.61. The summed E-state index contributed by atoms with van der Waals surface area (Å²) in [5, 5.41) is 2.37. The minimum absolute atomic E-state index is 0.0281. The van der Waals surface area contributed by atoms with Gasteiger partial charge in [0.15, 0.2) is 5.78 Å². The molecule has 1 nitrogen and oxygen atoms in total. The van der Waals surface area contributed by atoms with Gasteiger partial charge in [0, 0.05) is 0 Å². The van der Waals surface area contributed by atoms with Crippen molar-refractivity contribution in [2.24, 2.45) is 0 Å². The Morgan fingerprint density at radius 2 is 1.88 bits per heavy atom. The third-order valence-corrected chi connectivity index (χ3v) is 3.02. The summed E-state index contributed by atoms with van der Waals surface area (Å²) in [7, 11) is 0. The van der Waals surface area contributed by atoms with Gasteiger partial charge in [-0.15, -0.1) is 11.6 Å². The Morgan fingerprint density at radius 3 is 2.59 bits per heavy atom. The molecule has 0 radical (unpaired) electrons. The molecular weight excluding hydrogens is 232 g/mol. The second-order valence-electron chi connectivity index (χ2n) is 3.95. The molecule has 2 rings (SSSR count). The van der Waals surface area contributed by atoms with E-state index in [9.17, 15) is 4.79 Å². The summed E-state index contributed by atoms with van der Waals surface area (Å²) in [6.07, 6.45) is 3.36. The second kappa shape index (κ2) is 5.15. The highest BCUT2D eigenvalue weighted by molar-refractivity contribution is 6.29. The van der Waals surface area contributed by atoms with Crippen LogP contribution in [0.25, 0.3) is 16.8 Å². The smallest absolute Gasteiger partial charge is 0.170 e. The summed E-state index contributed by atoms with van der Waals surface area (Å²) in [6.45, 7) is 2.08. The first-order valence-corrected chi connectivity index (χ1v) is 6.01. The number of carbonyl (C=O) groups excluding carboxylic acids is 1. The average Bonchev–Trinajstić information content (AvgIpc) is 2.38. The molecule has 0 unspecified atom stereocenters. The molecule has 0 saturated heterocycles. The molecule has 2 aromatic rings. The SMILES string of the molecule is Cc1ccc(C=CC(=O)CCl)c2ccccc12. The maximum absolute atomic E-state index is 11.2. The van der Waals surface area contributed by atoms with Crippen LogP contribution in [-0.4, -0.2) is 11.7 Å². The summed E-state index contributed by atoms with van der Waals surface area (Å²) < 4.78 is 0. The average molecular weight is 245 g/mol. The van der Waals surface area contributed by atoms with Crippen molar-refractivity contribution < 1.29 is 4.79 Å². The zero-order chi connectivity index (χ0) is 12.3. The van der Waals surface area contributed by atoms with Gasteiger partial charge in [-0.3, -0.25) is 4.79 Å². The van der Waals surface area contributed by atoms with E-state index < -0.39 is 0 Å². The van der Waals surface area contributed by atoms with E-state index in [1.54, 1.807) is 0 Å². The number of rotatable bonds is 3. The van der Waals surface area contributed by atoms with Gasteiger partial charge in [0.25, 0.3) is 0 Å². The maximum Gasteiger partial charge on any atom is 0.170 e. The van der Waals surface area contributed by atoms with Gasteiger partial charge < -0.3 is 0 Å². The lowest BCUT2D eigenvalue weighted by molar-refractivity contribution is -0.112. The predicted molar refractivity (Wildman–Crippen MR) is 73.4 cm³/mol. The Balaban J connectivity index is 2.52. The first kappa shape index (κ1) is 11.9. The van der Waals surface area contributed by atoms with Crippen LogP contribution in [0.1, 0.15) is 11.1 Å². The van der Waals surface area contributed by atoms with E-state index >= 15 is 0 Å². The number of fused-ring (bicyclic) bond motifs is 1. The van der Waals surface area contributed by atoms with E-state index in [1.807, 2.05) is 24.3 Å². The molecular formula is C15H13ClO. The number of carbonyl (C=O) groups is 1. The maximum atomic E-state index is 11.2. The lowest BCUT2D eigenvalue weighted by Crippen LogP contribution is -1.92. The van der Waals surface area contributed by atoms with E-state index in [-0.39, 0.29) is 11.7 Å². The molecule has 0 atom stereocenters. The Labute approximate surface area is 106 Å². The number of alkyl halides is 1. The minimum atomic E-state index is -0.0728. The molecule has 0 aliphatic heterocycles. The van der Waals surface area contributed by atoms with E-state index in [4.69, 9.17) is 11.6 Å². The van der Waals surface area contributed by atoms with Gasteiger partial charge >= 0.3 is 0 Å². The summed E-state index contributed by atoms with van der Waals surface area (Å²) >= 11 is 5.46. The number of allylic oxidation sites excluding steroid dienone is 1. The molecule has 0 N–H and O–H groups in total. The molecule has 86 valence electrons. The molecule has 0 bridgehead atoms. The summed E-state index contributed by atoms with van der Waals surface area (Å²) in [4.78, 5) is 11.2. The fourth-order valence-corrected chi connectivity index (χ4v) is 1.93. The standard InChI is InChI=1S/C15H13ClO/c1-11-6-7-12(8-9-13(17)10-16)15-5-3-2-4-14(11)15/h2-9H,10H2,1H3. The Hall–Kier alpha value is -1.60. The van der Waals surface area contributed by atoms with Crippen molar-refractivity contribution in [2.45, 2.75) is 6.92 Å². The predicted octanol–water partition coefficient (Wildman–Crippen LogP) is 3.97. The third kappa shape index (κ3) is 2.56. The van der Waals surface area contributed by atoms with Gasteiger partial charge in [-0.1, -0.05) is 42.5 Å². The van der Waals surface area contributed by atoms with Crippen LogP contribution in [0.5, 0.6) is 0 Å². The van der Waals surface area contributed by atoms with Crippen LogP contribution in [0.4, 0.5) is 0 Å². The molecule has 2 aromatic carbocycles. The number of benzene rings is 2. The lowest BCUT2D eigenvalue weighted by atomic mass is 10.00. The topological polar surface area (TPSA) is 17.1 Å². The van der Waals surface area contributed by atoms with Gasteiger partial charge in [0.1, 0.15) is 0 Å². The van der Waals surface area contributed by atoms with Crippen LogP contribution in [0.15, 0.2) is 42.5 Å². The van der Waals surface area contributed by atoms with Crippen molar-refractivity contribution in [2.75, 3.05) is 5.88 Å². The number of aryl methyl sites for hydroxylation is 1. The number of ketones is 1. The Kier molecular flexibility index (Phi) is 3.60. The number of hydrogen-bond donors (Lipinski definition) is 0. The van der Waals surface area contributed by atoms with Crippen molar-refractivity contribution in [1.82, 2.24) is 0 Å². The van der Waals surface area contributed by atoms with Crippen molar-refractivity contribution in [3.8, 4) is 0 Å². The van der Waals surface area contributed by atoms with E-state index in [0.29, 0.717) is 0 Å².